The minimum absolute atomic E-state index is 0.604. The molecule has 1 aliphatic heterocycles. The number of nitrogens with one attached hydrogen (secondary N) is 1. The lowest BCUT2D eigenvalue weighted by Crippen LogP contribution is -2.49. The smallest absolute Gasteiger partial charge is 0.0947 e. The van der Waals surface area contributed by atoms with Crippen LogP contribution in [-0.2, 0) is 19.4 Å². The van der Waals surface area contributed by atoms with Crippen molar-refractivity contribution in [3.63, 3.8) is 0 Å². The van der Waals surface area contributed by atoms with Crippen LogP contribution in [0.4, 0.5) is 0 Å². The number of fused-ring (bicyclic) bond motifs is 1. The normalized spacial score (nSPS) is 22.8. The van der Waals surface area contributed by atoms with Crippen LogP contribution < -0.4 is 5.32 Å². The molecule has 2 aliphatic rings. The van der Waals surface area contributed by atoms with E-state index in [4.69, 9.17) is 4.42 Å². The third-order valence-electron chi connectivity index (χ3n) is 5.17. The Morgan fingerprint density at radius 2 is 1.95 bits per heavy atom. The standard InChI is InChI=1S/C19H24N2O/c1-2-5-17-11-19(10-16(17)4-1)21-8-3-6-18(13-21)20-12-15-7-9-22-14-15/h1-2,4-5,7,9,14,18-20H,3,6,8,10-13H2/t18-/m0/s1. The van der Waals surface area contributed by atoms with Gasteiger partial charge in [0.15, 0.2) is 0 Å². The van der Waals surface area contributed by atoms with Gasteiger partial charge in [0, 0.05) is 30.7 Å². The van der Waals surface area contributed by atoms with Crippen LogP contribution >= 0.6 is 0 Å². The molecule has 0 spiro atoms. The van der Waals surface area contributed by atoms with Gasteiger partial charge in [-0.1, -0.05) is 24.3 Å². The number of nitrogens with zero attached hydrogens (tertiary/aromatic N) is 1. The first-order valence-electron chi connectivity index (χ1n) is 8.44. The molecule has 1 N–H and O–H groups in total. The highest BCUT2D eigenvalue weighted by Gasteiger charge is 2.30. The summed E-state index contributed by atoms with van der Waals surface area (Å²) >= 11 is 0. The molecule has 0 bridgehead atoms. The second-order valence-electron chi connectivity index (χ2n) is 6.68. The van der Waals surface area contributed by atoms with E-state index >= 15 is 0 Å². The van der Waals surface area contributed by atoms with Crippen molar-refractivity contribution in [2.45, 2.75) is 44.3 Å². The number of likely N-dealkylation sites (tertiary alicyclic amines) is 1. The van der Waals surface area contributed by atoms with Gasteiger partial charge in [-0.05, 0) is 49.4 Å². The Morgan fingerprint density at radius 3 is 2.68 bits per heavy atom. The number of benzene rings is 1. The average molecular weight is 296 g/mol. The van der Waals surface area contributed by atoms with Crippen LogP contribution in [0.5, 0.6) is 0 Å². The fourth-order valence-corrected chi connectivity index (χ4v) is 3.95. The predicted octanol–water partition coefficient (Wildman–Crippen LogP) is 3.00. The van der Waals surface area contributed by atoms with E-state index in [0.717, 1.165) is 6.54 Å². The zero-order valence-corrected chi connectivity index (χ0v) is 13.0. The van der Waals surface area contributed by atoms with Gasteiger partial charge in [-0.15, -0.1) is 0 Å². The first-order chi connectivity index (χ1) is 10.9. The quantitative estimate of drug-likeness (QED) is 0.940. The molecule has 1 atom stereocenters. The fourth-order valence-electron chi connectivity index (χ4n) is 3.95. The van der Waals surface area contributed by atoms with Crippen LogP contribution in [0.1, 0.15) is 29.5 Å². The second-order valence-corrected chi connectivity index (χ2v) is 6.68. The Labute approximate surface area is 132 Å². The Hall–Kier alpha value is -1.58. The molecule has 3 heteroatoms. The summed E-state index contributed by atoms with van der Waals surface area (Å²) < 4.78 is 5.14. The Bertz CT molecular complexity index is 583. The lowest BCUT2D eigenvalue weighted by molar-refractivity contribution is 0.140. The lowest BCUT2D eigenvalue weighted by Gasteiger charge is -2.37. The van der Waals surface area contributed by atoms with Gasteiger partial charge in [-0.25, -0.2) is 0 Å². The van der Waals surface area contributed by atoms with Crippen molar-refractivity contribution >= 4 is 0 Å². The van der Waals surface area contributed by atoms with E-state index in [1.165, 1.54) is 44.3 Å². The van der Waals surface area contributed by atoms with E-state index in [1.807, 2.05) is 12.3 Å². The molecular formula is C19H24N2O. The van der Waals surface area contributed by atoms with Crippen LogP contribution in [0.3, 0.4) is 0 Å². The van der Waals surface area contributed by atoms with E-state index in [1.54, 1.807) is 17.4 Å². The zero-order chi connectivity index (χ0) is 14.8. The van der Waals surface area contributed by atoms with Gasteiger partial charge in [0.2, 0.25) is 0 Å². The molecule has 0 amide bonds. The van der Waals surface area contributed by atoms with Crippen molar-refractivity contribution in [1.29, 1.82) is 0 Å². The molecule has 1 saturated heterocycles. The van der Waals surface area contributed by atoms with Crippen molar-refractivity contribution in [1.82, 2.24) is 10.2 Å². The number of hydrogen-bond acceptors (Lipinski definition) is 3. The largest absolute Gasteiger partial charge is 0.472 e. The maximum absolute atomic E-state index is 5.14. The van der Waals surface area contributed by atoms with Crippen molar-refractivity contribution in [3.05, 3.63) is 59.5 Å². The summed E-state index contributed by atoms with van der Waals surface area (Å²) in [6.45, 7) is 3.35. The number of rotatable bonds is 4. The third-order valence-corrected chi connectivity index (χ3v) is 5.17. The summed E-state index contributed by atoms with van der Waals surface area (Å²) in [6, 6.07) is 12.3. The summed E-state index contributed by atoms with van der Waals surface area (Å²) in [5, 5.41) is 3.70. The van der Waals surface area contributed by atoms with E-state index < -0.39 is 0 Å². The highest BCUT2D eigenvalue weighted by molar-refractivity contribution is 5.33. The highest BCUT2D eigenvalue weighted by atomic mass is 16.3. The Balaban J connectivity index is 1.34. The number of piperidine rings is 1. The monoisotopic (exact) mass is 296 g/mol. The van der Waals surface area contributed by atoms with Crippen LogP contribution in [0.2, 0.25) is 0 Å². The summed E-state index contributed by atoms with van der Waals surface area (Å²) in [5.74, 6) is 0. The summed E-state index contributed by atoms with van der Waals surface area (Å²) in [7, 11) is 0. The molecule has 0 unspecified atom stereocenters. The molecule has 2 heterocycles. The lowest BCUT2D eigenvalue weighted by atomic mass is 10.0. The second kappa shape index (κ2) is 6.27. The van der Waals surface area contributed by atoms with Gasteiger partial charge in [0.05, 0.1) is 12.5 Å². The summed E-state index contributed by atoms with van der Waals surface area (Å²) in [5.41, 5.74) is 4.35. The highest BCUT2D eigenvalue weighted by Crippen LogP contribution is 2.27. The summed E-state index contributed by atoms with van der Waals surface area (Å²) in [4.78, 5) is 2.70. The maximum atomic E-state index is 5.14. The number of hydrogen-bond donors (Lipinski definition) is 1. The van der Waals surface area contributed by atoms with Crippen molar-refractivity contribution in [2.75, 3.05) is 13.1 Å². The van der Waals surface area contributed by atoms with Crippen LogP contribution in [0, 0.1) is 0 Å². The van der Waals surface area contributed by atoms with Gasteiger partial charge in [-0.3, -0.25) is 4.90 Å². The molecule has 1 fully saturated rings. The van der Waals surface area contributed by atoms with Crippen LogP contribution in [0.15, 0.2) is 47.3 Å². The predicted molar refractivity (Wildman–Crippen MR) is 87.8 cm³/mol. The SMILES string of the molecule is c1ccc2c(c1)CC(N1CCC[C@H](NCc3ccoc3)C1)C2. The van der Waals surface area contributed by atoms with E-state index in [0.29, 0.717) is 12.1 Å². The number of furan rings is 1. The van der Waals surface area contributed by atoms with E-state index in [2.05, 4.69) is 34.5 Å². The molecular weight excluding hydrogens is 272 g/mol. The molecule has 116 valence electrons. The van der Waals surface area contributed by atoms with Crippen molar-refractivity contribution < 1.29 is 4.42 Å². The van der Waals surface area contributed by atoms with Gasteiger partial charge in [-0.2, -0.15) is 0 Å². The fraction of sp³-hybridized carbons (Fsp3) is 0.474. The van der Waals surface area contributed by atoms with Gasteiger partial charge in [0.25, 0.3) is 0 Å². The molecule has 4 rings (SSSR count). The zero-order valence-electron chi connectivity index (χ0n) is 13.0. The Morgan fingerprint density at radius 1 is 1.14 bits per heavy atom. The van der Waals surface area contributed by atoms with Gasteiger partial charge < -0.3 is 9.73 Å². The molecule has 2 aromatic rings. The van der Waals surface area contributed by atoms with Gasteiger partial charge in [0.1, 0.15) is 0 Å². The maximum Gasteiger partial charge on any atom is 0.0947 e. The minimum atomic E-state index is 0.604. The Kier molecular flexibility index (Phi) is 4.00. The van der Waals surface area contributed by atoms with E-state index in [9.17, 15) is 0 Å². The molecule has 1 aromatic heterocycles. The molecule has 22 heavy (non-hydrogen) atoms. The van der Waals surface area contributed by atoms with Crippen molar-refractivity contribution in [2.24, 2.45) is 0 Å². The molecule has 3 nitrogen and oxygen atoms in total. The van der Waals surface area contributed by atoms with Crippen LogP contribution in [-0.4, -0.2) is 30.1 Å². The molecule has 0 radical (unpaired) electrons. The molecule has 1 aliphatic carbocycles. The van der Waals surface area contributed by atoms with E-state index in [-0.39, 0.29) is 0 Å². The first-order valence-corrected chi connectivity index (χ1v) is 8.44. The van der Waals surface area contributed by atoms with Crippen LogP contribution in [0.25, 0.3) is 0 Å². The summed E-state index contributed by atoms with van der Waals surface area (Å²) in [6.07, 6.45) is 8.63. The molecule has 1 aromatic carbocycles. The minimum Gasteiger partial charge on any atom is -0.472 e. The van der Waals surface area contributed by atoms with Gasteiger partial charge >= 0.3 is 0 Å². The first kappa shape index (κ1) is 14.0. The molecule has 0 saturated carbocycles. The van der Waals surface area contributed by atoms with Crippen molar-refractivity contribution in [3.8, 4) is 0 Å². The average Bonchev–Trinajstić information content (AvgIpc) is 3.22. The third kappa shape index (κ3) is 2.96. The topological polar surface area (TPSA) is 28.4 Å².